The first-order valence-electron chi connectivity index (χ1n) is 15.5. The summed E-state index contributed by atoms with van der Waals surface area (Å²) in [7, 11) is 0. The first-order chi connectivity index (χ1) is 22.9. The molecule has 47 heavy (non-hydrogen) atoms. The van der Waals surface area contributed by atoms with E-state index in [4.69, 9.17) is 28.4 Å². The summed E-state index contributed by atoms with van der Waals surface area (Å²) < 4.78 is 32.2. The van der Waals surface area contributed by atoms with Crippen LogP contribution in [-0.4, -0.2) is 50.3 Å². The van der Waals surface area contributed by atoms with Crippen LogP contribution in [0.25, 0.3) is 0 Å². The molecule has 0 aliphatic rings. The third-order valence-electron chi connectivity index (χ3n) is 6.51. The molecule has 0 N–H and O–H groups in total. The zero-order chi connectivity index (χ0) is 33.7. The van der Waals surface area contributed by atoms with Crippen LogP contribution in [-0.2, 0) is 19.1 Å². The Hall–Kier alpha value is -4.90. The summed E-state index contributed by atoms with van der Waals surface area (Å²) in [6.45, 7) is 8.57. The standard InChI is InChI=1S/C36H40O10S/c1-3-33(37)43-25-11-7-5-9-23-41-27-13-17-29(18-14-27)45-35(39)31-21-22-32(47-31)36(40)46-30-19-15-28(16-20-30)42-24-10-6-8-12-26-44-34(38)4-2/h3-4,13-22H,1-2,5-12,23-26H2. The molecule has 1 aromatic heterocycles. The second-order valence-electron chi connectivity index (χ2n) is 10.2. The molecule has 0 unspecified atom stereocenters. The van der Waals surface area contributed by atoms with Crippen molar-refractivity contribution in [3.63, 3.8) is 0 Å². The number of carbonyl (C=O) groups is 4. The van der Waals surface area contributed by atoms with Crippen molar-refractivity contribution in [1.29, 1.82) is 0 Å². The molecule has 0 saturated heterocycles. The first kappa shape index (κ1) is 36.6. The highest BCUT2D eigenvalue weighted by molar-refractivity contribution is 7.15. The van der Waals surface area contributed by atoms with Crippen molar-refractivity contribution in [2.24, 2.45) is 0 Å². The van der Waals surface area contributed by atoms with Gasteiger partial charge in [-0.2, -0.15) is 0 Å². The smallest absolute Gasteiger partial charge is 0.353 e. The SMILES string of the molecule is C=CC(=O)OCCCCCCOc1ccc(OC(=O)c2ccc(C(=O)Oc3ccc(OCCCCCCOC(=O)C=C)cc3)s2)cc1. The second kappa shape index (κ2) is 21.0. The minimum absolute atomic E-state index is 0.262. The van der Waals surface area contributed by atoms with Crippen molar-refractivity contribution in [1.82, 2.24) is 0 Å². The molecule has 0 fully saturated rings. The van der Waals surface area contributed by atoms with Gasteiger partial charge in [0, 0.05) is 12.2 Å². The second-order valence-corrected chi connectivity index (χ2v) is 11.2. The average Bonchev–Trinajstić information content (AvgIpc) is 3.59. The van der Waals surface area contributed by atoms with Gasteiger partial charge in [0.25, 0.3) is 0 Å². The van der Waals surface area contributed by atoms with E-state index in [2.05, 4.69) is 13.2 Å². The van der Waals surface area contributed by atoms with E-state index in [0.29, 0.717) is 49.4 Å². The largest absolute Gasteiger partial charge is 0.494 e. The van der Waals surface area contributed by atoms with Crippen LogP contribution in [0, 0.1) is 0 Å². The molecule has 0 radical (unpaired) electrons. The molecule has 0 aliphatic carbocycles. The molecule has 3 rings (SSSR count). The molecule has 0 atom stereocenters. The van der Waals surface area contributed by atoms with E-state index in [1.807, 2.05) is 0 Å². The lowest BCUT2D eigenvalue weighted by atomic mass is 10.2. The number of rotatable bonds is 22. The topological polar surface area (TPSA) is 124 Å². The molecule has 3 aromatic rings. The number of carbonyl (C=O) groups excluding carboxylic acids is 4. The van der Waals surface area contributed by atoms with Crippen molar-refractivity contribution in [2.75, 3.05) is 26.4 Å². The molecule has 0 amide bonds. The Balaban J connectivity index is 1.31. The maximum absolute atomic E-state index is 12.7. The van der Waals surface area contributed by atoms with Crippen molar-refractivity contribution < 1.29 is 47.6 Å². The van der Waals surface area contributed by atoms with Crippen LogP contribution in [0.4, 0.5) is 0 Å². The lowest BCUT2D eigenvalue weighted by molar-refractivity contribution is -0.138. The van der Waals surface area contributed by atoms with Crippen molar-refractivity contribution in [3.05, 3.63) is 95.7 Å². The summed E-state index contributed by atoms with van der Waals surface area (Å²) in [6.07, 6.45) is 9.35. The number of unbranched alkanes of at least 4 members (excludes halogenated alkanes) is 6. The van der Waals surface area contributed by atoms with Gasteiger partial charge in [-0.15, -0.1) is 11.3 Å². The Kier molecular flexibility index (Phi) is 16.3. The van der Waals surface area contributed by atoms with Gasteiger partial charge < -0.3 is 28.4 Å². The van der Waals surface area contributed by atoms with Crippen LogP contribution < -0.4 is 18.9 Å². The van der Waals surface area contributed by atoms with Gasteiger partial charge in [-0.3, -0.25) is 0 Å². The van der Waals surface area contributed by atoms with E-state index in [1.165, 1.54) is 12.1 Å². The Labute approximate surface area is 278 Å². The van der Waals surface area contributed by atoms with E-state index in [1.54, 1.807) is 48.5 Å². The van der Waals surface area contributed by atoms with Gasteiger partial charge in [-0.05, 0) is 112 Å². The molecular formula is C36H40O10S. The highest BCUT2D eigenvalue weighted by atomic mass is 32.1. The number of benzene rings is 2. The lowest BCUT2D eigenvalue weighted by Gasteiger charge is -2.08. The van der Waals surface area contributed by atoms with Crippen LogP contribution >= 0.6 is 11.3 Å². The van der Waals surface area contributed by atoms with E-state index >= 15 is 0 Å². The van der Waals surface area contributed by atoms with Gasteiger partial charge in [0.05, 0.1) is 26.4 Å². The van der Waals surface area contributed by atoms with E-state index in [-0.39, 0.29) is 9.75 Å². The number of esters is 4. The summed E-state index contributed by atoms with van der Waals surface area (Å²) in [5.41, 5.74) is 0. The fraction of sp³-hybridized carbons (Fsp3) is 0.333. The Morgan fingerprint density at radius 1 is 0.489 bits per heavy atom. The fourth-order valence-electron chi connectivity index (χ4n) is 4.04. The Morgan fingerprint density at radius 3 is 1.19 bits per heavy atom. The summed E-state index contributed by atoms with van der Waals surface area (Å²) in [4.78, 5) is 47.8. The fourth-order valence-corrected chi connectivity index (χ4v) is 4.80. The molecule has 2 aromatic carbocycles. The van der Waals surface area contributed by atoms with Gasteiger partial charge in [-0.1, -0.05) is 13.2 Å². The number of hydrogen-bond acceptors (Lipinski definition) is 11. The highest BCUT2D eigenvalue weighted by Gasteiger charge is 2.17. The maximum Gasteiger partial charge on any atom is 0.353 e. The van der Waals surface area contributed by atoms with Crippen LogP contribution in [0.5, 0.6) is 23.0 Å². The van der Waals surface area contributed by atoms with Gasteiger partial charge in [0.2, 0.25) is 0 Å². The monoisotopic (exact) mass is 664 g/mol. The van der Waals surface area contributed by atoms with E-state index in [0.717, 1.165) is 74.9 Å². The highest BCUT2D eigenvalue weighted by Crippen LogP contribution is 2.24. The molecule has 10 nitrogen and oxygen atoms in total. The molecule has 250 valence electrons. The summed E-state index contributed by atoms with van der Waals surface area (Å²) >= 11 is 0.984. The van der Waals surface area contributed by atoms with Crippen LogP contribution in [0.2, 0.25) is 0 Å². The molecule has 1 heterocycles. The van der Waals surface area contributed by atoms with Gasteiger partial charge >= 0.3 is 23.9 Å². The quantitative estimate of drug-likeness (QED) is 0.0461. The molecule has 0 saturated carbocycles. The third-order valence-corrected chi connectivity index (χ3v) is 7.56. The maximum atomic E-state index is 12.7. The number of hydrogen-bond donors (Lipinski definition) is 0. The normalized spacial score (nSPS) is 10.4. The zero-order valence-electron chi connectivity index (χ0n) is 26.3. The predicted molar refractivity (Wildman–Crippen MR) is 177 cm³/mol. The number of thiophene rings is 1. The molecular weight excluding hydrogens is 624 g/mol. The predicted octanol–water partition coefficient (Wildman–Crippen LogP) is 7.52. The average molecular weight is 665 g/mol. The Bertz CT molecular complexity index is 1340. The molecule has 0 aliphatic heterocycles. The number of ether oxygens (including phenoxy) is 6. The Morgan fingerprint density at radius 2 is 0.830 bits per heavy atom. The van der Waals surface area contributed by atoms with E-state index in [9.17, 15) is 19.2 Å². The third kappa shape index (κ3) is 14.4. The van der Waals surface area contributed by atoms with Crippen molar-refractivity contribution in [2.45, 2.75) is 51.4 Å². The minimum atomic E-state index is -0.584. The van der Waals surface area contributed by atoms with Crippen molar-refractivity contribution in [3.8, 4) is 23.0 Å². The van der Waals surface area contributed by atoms with Gasteiger partial charge in [0.1, 0.15) is 32.8 Å². The van der Waals surface area contributed by atoms with Crippen LogP contribution in [0.3, 0.4) is 0 Å². The molecule has 0 spiro atoms. The van der Waals surface area contributed by atoms with Gasteiger partial charge in [0.15, 0.2) is 0 Å². The zero-order valence-corrected chi connectivity index (χ0v) is 27.1. The summed E-state index contributed by atoms with van der Waals surface area (Å²) in [5, 5.41) is 0. The summed E-state index contributed by atoms with van der Waals surface area (Å²) in [6, 6.07) is 16.5. The van der Waals surface area contributed by atoms with Crippen molar-refractivity contribution >= 4 is 35.2 Å². The molecule has 0 bridgehead atoms. The lowest BCUT2D eigenvalue weighted by Crippen LogP contribution is -2.07. The van der Waals surface area contributed by atoms with Gasteiger partial charge in [-0.25, -0.2) is 19.2 Å². The minimum Gasteiger partial charge on any atom is -0.494 e. The molecule has 11 heteroatoms. The first-order valence-corrected chi connectivity index (χ1v) is 16.3. The van der Waals surface area contributed by atoms with Crippen LogP contribution in [0.1, 0.15) is 70.7 Å². The van der Waals surface area contributed by atoms with E-state index < -0.39 is 23.9 Å². The van der Waals surface area contributed by atoms with Crippen LogP contribution in [0.15, 0.2) is 86.0 Å². The summed E-state index contributed by atoms with van der Waals surface area (Å²) in [5.74, 6) is 0.0303.